The highest BCUT2D eigenvalue weighted by Gasteiger charge is 2.32. The van der Waals surface area contributed by atoms with Gasteiger partial charge in [0.2, 0.25) is 0 Å². The molecule has 2 heterocycles. The van der Waals surface area contributed by atoms with Gasteiger partial charge in [0.25, 0.3) is 0 Å². The first-order valence-electron chi connectivity index (χ1n) is 5.55. The molecule has 15 heavy (non-hydrogen) atoms. The monoisotopic (exact) mass is 209 g/mol. The summed E-state index contributed by atoms with van der Waals surface area (Å²) in [5, 5.41) is 3.36. The van der Waals surface area contributed by atoms with Crippen molar-refractivity contribution in [3.05, 3.63) is 23.7 Å². The quantitative estimate of drug-likeness (QED) is 0.825. The van der Waals surface area contributed by atoms with Gasteiger partial charge in [-0.05, 0) is 44.5 Å². The lowest BCUT2D eigenvalue weighted by atomic mass is 9.86. The summed E-state index contributed by atoms with van der Waals surface area (Å²) >= 11 is 0. The molecule has 1 aliphatic rings. The molecule has 0 spiro atoms. The molecule has 1 fully saturated rings. The summed E-state index contributed by atoms with van der Waals surface area (Å²) in [6, 6.07) is 2.05. The van der Waals surface area contributed by atoms with Gasteiger partial charge in [0.15, 0.2) is 0 Å². The van der Waals surface area contributed by atoms with Gasteiger partial charge in [-0.25, -0.2) is 0 Å². The molecule has 0 amide bonds. The van der Waals surface area contributed by atoms with Crippen molar-refractivity contribution >= 4 is 0 Å². The van der Waals surface area contributed by atoms with Crippen LogP contribution < -0.4 is 5.32 Å². The Labute approximate surface area is 90.8 Å². The van der Waals surface area contributed by atoms with Gasteiger partial charge in [-0.15, -0.1) is 0 Å². The van der Waals surface area contributed by atoms with E-state index in [1.165, 1.54) is 5.56 Å². The average Bonchev–Trinajstić information content (AvgIpc) is 2.66. The second-order valence-electron chi connectivity index (χ2n) is 4.32. The van der Waals surface area contributed by atoms with E-state index in [0.29, 0.717) is 0 Å². The summed E-state index contributed by atoms with van der Waals surface area (Å²) in [7, 11) is 1.82. The van der Waals surface area contributed by atoms with Crippen LogP contribution in [0.5, 0.6) is 0 Å². The number of hydrogen-bond donors (Lipinski definition) is 1. The number of nitrogens with one attached hydrogen (secondary N) is 1. The van der Waals surface area contributed by atoms with E-state index in [4.69, 9.17) is 9.15 Å². The molecule has 0 aromatic carbocycles. The van der Waals surface area contributed by atoms with Gasteiger partial charge >= 0.3 is 0 Å². The molecule has 1 aromatic rings. The molecule has 84 valence electrons. The van der Waals surface area contributed by atoms with Gasteiger partial charge in [-0.3, -0.25) is 0 Å². The van der Waals surface area contributed by atoms with E-state index in [-0.39, 0.29) is 5.60 Å². The standard InChI is InChI=1S/C12H19NO2/c1-10-11(3-8-15-10)9-12(14-2)4-6-13-7-5-12/h3,8,13H,4-7,9H2,1-2H3. The maximum atomic E-state index is 5.73. The number of methoxy groups -OCH3 is 1. The number of aryl methyl sites for hydroxylation is 1. The Bertz CT molecular complexity index is 313. The van der Waals surface area contributed by atoms with Gasteiger partial charge in [0.05, 0.1) is 11.9 Å². The molecule has 0 unspecified atom stereocenters. The molecule has 1 aromatic heterocycles. The summed E-state index contributed by atoms with van der Waals surface area (Å²) in [5.41, 5.74) is 1.29. The molecule has 0 bridgehead atoms. The summed E-state index contributed by atoms with van der Waals surface area (Å²) < 4.78 is 11.0. The number of rotatable bonds is 3. The fourth-order valence-electron chi connectivity index (χ4n) is 2.28. The fourth-order valence-corrected chi connectivity index (χ4v) is 2.28. The molecule has 1 N–H and O–H groups in total. The van der Waals surface area contributed by atoms with Crippen LogP contribution in [0.1, 0.15) is 24.2 Å². The predicted octanol–water partition coefficient (Wildman–Crippen LogP) is 1.90. The molecule has 3 nitrogen and oxygen atoms in total. The summed E-state index contributed by atoms with van der Waals surface area (Å²) in [5.74, 6) is 1.02. The molecule has 0 atom stereocenters. The van der Waals surface area contributed by atoms with E-state index in [1.54, 1.807) is 6.26 Å². The second-order valence-corrected chi connectivity index (χ2v) is 4.32. The molecule has 2 rings (SSSR count). The molecular formula is C12H19NO2. The highest BCUT2D eigenvalue weighted by Crippen LogP contribution is 2.28. The molecule has 0 radical (unpaired) electrons. The zero-order valence-corrected chi connectivity index (χ0v) is 9.51. The number of piperidine rings is 1. The van der Waals surface area contributed by atoms with Gasteiger partial charge in [0.1, 0.15) is 5.76 Å². The van der Waals surface area contributed by atoms with E-state index in [9.17, 15) is 0 Å². The molecular weight excluding hydrogens is 190 g/mol. The number of furan rings is 1. The smallest absolute Gasteiger partial charge is 0.103 e. The predicted molar refractivity (Wildman–Crippen MR) is 59.0 cm³/mol. The molecule has 1 aliphatic heterocycles. The Morgan fingerprint density at radius 1 is 1.47 bits per heavy atom. The van der Waals surface area contributed by atoms with E-state index < -0.39 is 0 Å². The van der Waals surface area contributed by atoms with Gasteiger partial charge in [0, 0.05) is 13.5 Å². The third kappa shape index (κ3) is 2.24. The summed E-state index contributed by atoms with van der Waals surface area (Å²) in [6.45, 7) is 4.11. The third-order valence-electron chi connectivity index (χ3n) is 3.43. The van der Waals surface area contributed by atoms with Crippen LogP contribution >= 0.6 is 0 Å². The second kappa shape index (κ2) is 4.37. The van der Waals surface area contributed by atoms with E-state index in [0.717, 1.165) is 38.1 Å². The largest absolute Gasteiger partial charge is 0.469 e. The average molecular weight is 209 g/mol. The van der Waals surface area contributed by atoms with Crippen molar-refractivity contribution in [1.29, 1.82) is 0 Å². The SMILES string of the molecule is COC1(Cc2ccoc2C)CCNCC1. The van der Waals surface area contributed by atoms with E-state index >= 15 is 0 Å². The lowest BCUT2D eigenvalue weighted by Crippen LogP contribution is -2.45. The van der Waals surface area contributed by atoms with Crippen LogP contribution in [0.25, 0.3) is 0 Å². The summed E-state index contributed by atoms with van der Waals surface area (Å²) in [4.78, 5) is 0. The van der Waals surface area contributed by atoms with Crippen molar-refractivity contribution in [2.45, 2.75) is 31.8 Å². The zero-order valence-electron chi connectivity index (χ0n) is 9.51. The molecule has 0 aliphatic carbocycles. The normalized spacial score (nSPS) is 20.4. The van der Waals surface area contributed by atoms with Crippen molar-refractivity contribution in [3.63, 3.8) is 0 Å². The van der Waals surface area contributed by atoms with Crippen LogP contribution in [-0.4, -0.2) is 25.8 Å². The Hall–Kier alpha value is -0.800. The first-order chi connectivity index (χ1) is 7.26. The lowest BCUT2D eigenvalue weighted by Gasteiger charge is -2.36. The van der Waals surface area contributed by atoms with E-state index in [1.807, 2.05) is 14.0 Å². The topological polar surface area (TPSA) is 34.4 Å². The Morgan fingerprint density at radius 3 is 2.73 bits per heavy atom. The van der Waals surface area contributed by atoms with Crippen LogP contribution in [0.2, 0.25) is 0 Å². The maximum absolute atomic E-state index is 5.73. The summed E-state index contributed by atoms with van der Waals surface area (Å²) in [6.07, 6.45) is 4.88. The highest BCUT2D eigenvalue weighted by molar-refractivity contribution is 5.18. The van der Waals surface area contributed by atoms with E-state index in [2.05, 4.69) is 11.4 Å². The third-order valence-corrected chi connectivity index (χ3v) is 3.43. The van der Waals surface area contributed by atoms with Crippen molar-refractivity contribution in [2.24, 2.45) is 0 Å². The highest BCUT2D eigenvalue weighted by atomic mass is 16.5. The zero-order chi connectivity index (χ0) is 10.7. The van der Waals surface area contributed by atoms with Crippen molar-refractivity contribution < 1.29 is 9.15 Å². The minimum atomic E-state index is 0.0138. The Kier molecular flexibility index (Phi) is 3.12. The molecule has 0 saturated carbocycles. The minimum absolute atomic E-state index is 0.0138. The van der Waals surface area contributed by atoms with Crippen molar-refractivity contribution in [2.75, 3.05) is 20.2 Å². The fraction of sp³-hybridized carbons (Fsp3) is 0.667. The molecule has 1 saturated heterocycles. The Balaban J connectivity index is 2.10. The van der Waals surface area contributed by atoms with Crippen LogP contribution in [0.15, 0.2) is 16.7 Å². The first-order valence-corrected chi connectivity index (χ1v) is 5.55. The van der Waals surface area contributed by atoms with Crippen molar-refractivity contribution in [1.82, 2.24) is 5.32 Å². The van der Waals surface area contributed by atoms with Gasteiger partial charge < -0.3 is 14.5 Å². The Morgan fingerprint density at radius 2 is 2.20 bits per heavy atom. The maximum Gasteiger partial charge on any atom is 0.103 e. The van der Waals surface area contributed by atoms with Crippen LogP contribution in [0.4, 0.5) is 0 Å². The van der Waals surface area contributed by atoms with Crippen LogP contribution in [0, 0.1) is 6.92 Å². The van der Waals surface area contributed by atoms with Crippen molar-refractivity contribution in [3.8, 4) is 0 Å². The lowest BCUT2D eigenvalue weighted by molar-refractivity contribution is -0.0335. The van der Waals surface area contributed by atoms with Gasteiger partial charge in [-0.2, -0.15) is 0 Å². The van der Waals surface area contributed by atoms with Gasteiger partial charge in [-0.1, -0.05) is 0 Å². The van der Waals surface area contributed by atoms with Crippen LogP contribution in [0.3, 0.4) is 0 Å². The molecule has 3 heteroatoms. The van der Waals surface area contributed by atoms with Crippen LogP contribution in [-0.2, 0) is 11.2 Å². The number of hydrogen-bond acceptors (Lipinski definition) is 3. The first kappa shape index (κ1) is 10.7. The number of ether oxygens (including phenoxy) is 1. The minimum Gasteiger partial charge on any atom is -0.469 e.